The first-order valence-corrected chi connectivity index (χ1v) is 5.45. The molecule has 17 heavy (non-hydrogen) atoms. The minimum Gasteiger partial charge on any atom is -0.481 e. The summed E-state index contributed by atoms with van der Waals surface area (Å²) in [4.78, 5) is 23.2. The molecule has 0 spiro atoms. The third-order valence-electron chi connectivity index (χ3n) is 1.63. The third-order valence-corrected chi connectivity index (χ3v) is 1.63. The SMILES string of the molecule is C=C(CC(=O)O)C(=O)OC(C)C.CCN(C)C. The molecular formula is C12H23NO4. The lowest BCUT2D eigenvalue weighted by atomic mass is 10.2. The Morgan fingerprint density at radius 1 is 1.35 bits per heavy atom. The van der Waals surface area contributed by atoms with E-state index < -0.39 is 11.9 Å². The smallest absolute Gasteiger partial charge is 0.334 e. The standard InChI is InChI=1S/C8H12O4.C4H11N/c1-5(2)12-8(11)6(3)4-7(9)10;1-4-5(2)3/h5H,3-4H2,1-2H3,(H,9,10);4H2,1-3H3. The summed E-state index contributed by atoms with van der Waals surface area (Å²) in [6.45, 7) is 9.93. The molecule has 100 valence electrons. The van der Waals surface area contributed by atoms with Gasteiger partial charge in [0.15, 0.2) is 0 Å². The van der Waals surface area contributed by atoms with Gasteiger partial charge in [-0.05, 0) is 34.5 Å². The molecule has 0 radical (unpaired) electrons. The second kappa shape index (κ2) is 9.84. The van der Waals surface area contributed by atoms with Crippen molar-refractivity contribution in [1.29, 1.82) is 0 Å². The van der Waals surface area contributed by atoms with Crippen LogP contribution in [0.2, 0.25) is 0 Å². The van der Waals surface area contributed by atoms with Gasteiger partial charge in [0, 0.05) is 5.57 Å². The molecule has 0 aromatic heterocycles. The van der Waals surface area contributed by atoms with E-state index in [0.717, 1.165) is 6.54 Å². The maximum Gasteiger partial charge on any atom is 0.334 e. The fraction of sp³-hybridized carbons (Fsp3) is 0.667. The van der Waals surface area contributed by atoms with Gasteiger partial charge < -0.3 is 14.7 Å². The van der Waals surface area contributed by atoms with Crippen molar-refractivity contribution in [2.24, 2.45) is 0 Å². The predicted octanol–water partition coefficient (Wildman–Crippen LogP) is 1.54. The van der Waals surface area contributed by atoms with Crippen LogP contribution in [0.3, 0.4) is 0 Å². The Balaban J connectivity index is 0. The van der Waals surface area contributed by atoms with Crippen LogP contribution >= 0.6 is 0 Å². The van der Waals surface area contributed by atoms with Crippen molar-refractivity contribution in [2.75, 3.05) is 20.6 Å². The highest BCUT2D eigenvalue weighted by Crippen LogP contribution is 2.02. The largest absolute Gasteiger partial charge is 0.481 e. The molecule has 0 aliphatic heterocycles. The molecule has 0 rings (SSSR count). The first-order chi connectivity index (χ1) is 7.70. The number of aliphatic carboxylic acids is 1. The number of ether oxygens (including phenoxy) is 1. The molecule has 0 aliphatic rings. The van der Waals surface area contributed by atoms with Crippen molar-refractivity contribution in [2.45, 2.75) is 33.3 Å². The van der Waals surface area contributed by atoms with Crippen LogP contribution in [0.5, 0.6) is 0 Å². The monoisotopic (exact) mass is 245 g/mol. The Bertz CT molecular complexity index is 259. The third kappa shape index (κ3) is 14.6. The summed E-state index contributed by atoms with van der Waals surface area (Å²) in [5.41, 5.74) is -0.0313. The zero-order valence-electron chi connectivity index (χ0n) is 11.3. The minimum absolute atomic E-state index is 0.0313. The summed E-state index contributed by atoms with van der Waals surface area (Å²) < 4.78 is 4.71. The molecule has 0 amide bonds. The van der Waals surface area contributed by atoms with Crippen molar-refractivity contribution >= 4 is 11.9 Å². The molecule has 0 aromatic rings. The van der Waals surface area contributed by atoms with Crippen LogP contribution in [0.15, 0.2) is 12.2 Å². The number of esters is 1. The van der Waals surface area contributed by atoms with E-state index in [1.54, 1.807) is 13.8 Å². The summed E-state index contributed by atoms with van der Waals surface area (Å²) in [5, 5.41) is 8.30. The van der Waals surface area contributed by atoms with Gasteiger partial charge in [-0.25, -0.2) is 4.79 Å². The normalized spacial score (nSPS) is 9.59. The van der Waals surface area contributed by atoms with E-state index in [1.165, 1.54) is 0 Å². The average Bonchev–Trinajstić information content (AvgIpc) is 2.16. The molecule has 0 saturated carbocycles. The number of carboxylic acid groups (broad SMARTS) is 1. The summed E-state index contributed by atoms with van der Waals surface area (Å²) in [6, 6.07) is 0. The molecule has 0 fully saturated rings. The Morgan fingerprint density at radius 3 is 2.00 bits per heavy atom. The van der Waals surface area contributed by atoms with Gasteiger partial charge in [0.05, 0.1) is 12.5 Å². The summed E-state index contributed by atoms with van der Waals surface area (Å²) in [7, 11) is 4.11. The van der Waals surface area contributed by atoms with E-state index in [1.807, 2.05) is 0 Å². The maximum absolute atomic E-state index is 10.9. The zero-order chi connectivity index (χ0) is 14.0. The molecule has 0 bridgehead atoms. The predicted molar refractivity (Wildman–Crippen MR) is 66.8 cm³/mol. The quantitative estimate of drug-likeness (QED) is 0.588. The van der Waals surface area contributed by atoms with Crippen LogP contribution in [0.25, 0.3) is 0 Å². The van der Waals surface area contributed by atoms with Crippen LogP contribution in [0.1, 0.15) is 27.2 Å². The van der Waals surface area contributed by atoms with E-state index in [-0.39, 0.29) is 18.1 Å². The van der Waals surface area contributed by atoms with Crippen molar-refractivity contribution in [3.8, 4) is 0 Å². The number of hydrogen-bond acceptors (Lipinski definition) is 4. The maximum atomic E-state index is 10.9. The molecular weight excluding hydrogens is 222 g/mol. The van der Waals surface area contributed by atoms with Gasteiger partial charge in [0.1, 0.15) is 0 Å². The van der Waals surface area contributed by atoms with Gasteiger partial charge in [-0.2, -0.15) is 0 Å². The first kappa shape index (κ1) is 18.0. The second-order valence-electron chi connectivity index (χ2n) is 4.02. The van der Waals surface area contributed by atoms with Crippen LogP contribution in [-0.4, -0.2) is 48.7 Å². The number of carbonyl (C=O) groups is 2. The summed E-state index contributed by atoms with van der Waals surface area (Å²) in [5.74, 6) is -1.73. The van der Waals surface area contributed by atoms with Crippen molar-refractivity contribution in [1.82, 2.24) is 4.90 Å². The second-order valence-corrected chi connectivity index (χ2v) is 4.02. The highest BCUT2D eigenvalue weighted by atomic mass is 16.5. The topological polar surface area (TPSA) is 66.8 Å². The van der Waals surface area contributed by atoms with Crippen molar-refractivity contribution in [3.05, 3.63) is 12.2 Å². The van der Waals surface area contributed by atoms with Gasteiger partial charge in [0.25, 0.3) is 0 Å². The molecule has 0 heterocycles. The number of carboxylic acids is 1. The Morgan fingerprint density at radius 2 is 1.76 bits per heavy atom. The van der Waals surface area contributed by atoms with Gasteiger partial charge in [-0.1, -0.05) is 13.5 Å². The lowest BCUT2D eigenvalue weighted by Gasteiger charge is -2.07. The van der Waals surface area contributed by atoms with Gasteiger partial charge in [0.2, 0.25) is 0 Å². The minimum atomic E-state index is -1.08. The van der Waals surface area contributed by atoms with E-state index >= 15 is 0 Å². The number of carbonyl (C=O) groups excluding carboxylic acids is 1. The van der Waals surface area contributed by atoms with Crippen molar-refractivity contribution < 1.29 is 19.4 Å². The van der Waals surface area contributed by atoms with Crippen molar-refractivity contribution in [3.63, 3.8) is 0 Å². The molecule has 5 heteroatoms. The van der Waals surface area contributed by atoms with Crippen LogP contribution in [0.4, 0.5) is 0 Å². The van der Waals surface area contributed by atoms with E-state index in [9.17, 15) is 9.59 Å². The van der Waals surface area contributed by atoms with Gasteiger partial charge in [-0.3, -0.25) is 4.79 Å². The van der Waals surface area contributed by atoms with Crippen LogP contribution < -0.4 is 0 Å². The summed E-state index contributed by atoms with van der Waals surface area (Å²) in [6.07, 6.45) is -0.617. The molecule has 0 aliphatic carbocycles. The number of hydrogen-bond donors (Lipinski definition) is 1. The number of nitrogens with zero attached hydrogens (tertiary/aromatic N) is 1. The van der Waals surface area contributed by atoms with Gasteiger partial charge in [-0.15, -0.1) is 0 Å². The number of rotatable bonds is 5. The highest BCUT2D eigenvalue weighted by molar-refractivity contribution is 5.92. The van der Waals surface area contributed by atoms with E-state index in [0.29, 0.717) is 0 Å². The molecule has 1 N–H and O–H groups in total. The molecule has 0 atom stereocenters. The molecule has 5 nitrogen and oxygen atoms in total. The molecule has 0 unspecified atom stereocenters. The first-order valence-electron chi connectivity index (χ1n) is 5.45. The fourth-order valence-electron chi connectivity index (χ4n) is 0.552. The fourth-order valence-corrected chi connectivity index (χ4v) is 0.552. The zero-order valence-corrected chi connectivity index (χ0v) is 11.3. The van der Waals surface area contributed by atoms with Gasteiger partial charge >= 0.3 is 11.9 Å². The lowest BCUT2D eigenvalue weighted by molar-refractivity contribution is -0.145. The Labute approximate surface area is 103 Å². The molecule has 0 saturated heterocycles. The Hall–Kier alpha value is -1.36. The van der Waals surface area contributed by atoms with Crippen LogP contribution in [0, 0.1) is 0 Å². The summed E-state index contributed by atoms with van der Waals surface area (Å²) >= 11 is 0. The van der Waals surface area contributed by atoms with E-state index in [4.69, 9.17) is 9.84 Å². The lowest BCUT2D eigenvalue weighted by Crippen LogP contribution is -2.14. The molecule has 0 aromatic carbocycles. The Kier molecular flexibility index (Phi) is 10.4. The highest BCUT2D eigenvalue weighted by Gasteiger charge is 2.12. The van der Waals surface area contributed by atoms with E-state index in [2.05, 4.69) is 32.5 Å². The average molecular weight is 245 g/mol. The van der Waals surface area contributed by atoms with Crippen LogP contribution in [-0.2, 0) is 14.3 Å².